The van der Waals surface area contributed by atoms with Gasteiger partial charge < -0.3 is 10.1 Å². The van der Waals surface area contributed by atoms with Crippen molar-refractivity contribution in [3.8, 4) is 5.75 Å². The molecule has 4 heteroatoms. The van der Waals surface area contributed by atoms with Crippen LogP contribution in [-0.4, -0.2) is 11.1 Å². The van der Waals surface area contributed by atoms with Gasteiger partial charge in [0.05, 0.1) is 6.04 Å². The monoisotopic (exact) mass is 270 g/mol. The van der Waals surface area contributed by atoms with E-state index >= 15 is 0 Å². The molecule has 104 valence electrons. The van der Waals surface area contributed by atoms with Crippen molar-refractivity contribution in [2.45, 2.75) is 26.3 Å². The molecule has 4 nitrogen and oxygen atoms in total. The summed E-state index contributed by atoms with van der Waals surface area (Å²) in [4.78, 5) is 16.1. The first-order chi connectivity index (χ1) is 9.69. The molecule has 1 unspecified atom stereocenters. The van der Waals surface area contributed by atoms with Crippen molar-refractivity contribution in [1.82, 2.24) is 10.3 Å². The van der Waals surface area contributed by atoms with E-state index in [1.807, 2.05) is 44.2 Å². The topological polar surface area (TPSA) is 51.2 Å². The van der Waals surface area contributed by atoms with Crippen molar-refractivity contribution in [3.05, 3.63) is 59.9 Å². The lowest BCUT2D eigenvalue weighted by Gasteiger charge is -2.17. The first kappa shape index (κ1) is 14.1. The summed E-state index contributed by atoms with van der Waals surface area (Å²) in [6, 6.07) is 12.8. The summed E-state index contributed by atoms with van der Waals surface area (Å²) in [6.07, 6.45) is 2.10. The van der Waals surface area contributed by atoms with E-state index in [1.54, 1.807) is 18.3 Å². The fraction of sp³-hybridized carbons (Fsp3) is 0.250. The van der Waals surface area contributed by atoms with Gasteiger partial charge in [0.2, 0.25) is 0 Å². The summed E-state index contributed by atoms with van der Waals surface area (Å²) < 4.78 is 5.22. The highest BCUT2D eigenvalue weighted by Crippen LogP contribution is 2.16. The summed E-state index contributed by atoms with van der Waals surface area (Å²) >= 11 is 0. The van der Waals surface area contributed by atoms with Crippen LogP contribution >= 0.6 is 0 Å². The highest BCUT2D eigenvalue weighted by atomic mass is 16.6. The molecule has 0 bridgehead atoms. The number of hydrogen-bond donors (Lipinski definition) is 1. The zero-order chi connectivity index (χ0) is 14.4. The second-order valence-electron chi connectivity index (χ2n) is 4.54. The summed E-state index contributed by atoms with van der Waals surface area (Å²) in [7, 11) is 0. The molecule has 1 N–H and O–H groups in total. The molecule has 0 aliphatic rings. The van der Waals surface area contributed by atoms with E-state index in [1.165, 1.54) is 0 Å². The van der Waals surface area contributed by atoms with Crippen LogP contribution in [-0.2, 0) is 0 Å². The van der Waals surface area contributed by atoms with Crippen molar-refractivity contribution in [2.24, 2.45) is 0 Å². The molecule has 1 amide bonds. The Morgan fingerprint density at radius 2 is 2.00 bits per heavy atom. The second kappa shape index (κ2) is 6.70. The van der Waals surface area contributed by atoms with E-state index in [0.717, 1.165) is 17.7 Å². The van der Waals surface area contributed by atoms with Crippen LogP contribution in [0.25, 0.3) is 0 Å². The molecule has 0 fully saturated rings. The molecule has 20 heavy (non-hydrogen) atoms. The van der Waals surface area contributed by atoms with Gasteiger partial charge in [0.1, 0.15) is 5.75 Å². The highest BCUT2D eigenvalue weighted by Gasteiger charge is 2.14. The number of rotatable bonds is 4. The molecule has 1 heterocycles. The third kappa shape index (κ3) is 3.82. The van der Waals surface area contributed by atoms with Crippen LogP contribution in [0, 0.1) is 6.92 Å². The van der Waals surface area contributed by atoms with Crippen molar-refractivity contribution >= 4 is 6.09 Å². The maximum atomic E-state index is 11.9. The van der Waals surface area contributed by atoms with Crippen molar-refractivity contribution in [2.75, 3.05) is 0 Å². The van der Waals surface area contributed by atoms with Gasteiger partial charge in [-0.05, 0) is 37.1 Å². The van der Waals surface area contributed by atoms with Crippen LogP contribution in [0.15, 0.2) is 48.7 Å². The number of amides is 1. The second-order valence-corrected chi connectivity index (χ2v) is 4.54. The Hall–Kier alpha value is -2.36. The Morgan fingerprint density at radius 1 is 1.25 bits per heavy atom. The quantitative estimate of drug-likeness (QED) is 0.923. The molecule has 1 aromatic heterocycles. The number of nitrogens with one attached hydrogen (secondary N) is 1. The van der Waals surface area contributed by atoms with E-state index in [9.17, 15) is 4.79 Å². The molecule has 0 spiro atoms. The molecule has 0 saturated heterocycles. The molecular weight excluding hydrogens is 252 g/mol. The largest absolute Gasteiger partial charge is 0.413 e. The zero-order valence-corrected chi connectivity index (χ0v) is 11.7. The van der Waals surface area contributed by atoms with Gasteiger partial charge in [0.25, 0.3) is 0 Å². The number of hydrogen-bond acceptors (Lipinski definition) is 3. The third-order valence-corrected chi connectivity index (χ3v) is 2.99. The van der Waals surface area contributed by atoms with E-state index in [2.05, 4.69) is 10.3 Å². The number of nitrogens with zero attached hydrogens (tertiary/aromatic N) is 1. The molecule has 0 aliphatic heterocycles. The molecule has 0 saturated carbocycles. The lowest BCUT2D eigenvalue weighted by molar-refractivity contribution is 0.195. The molecule has 2 rings (SSSR count). The number of carbonyl (C=O) groups excluding carboxylic acids is 1. The number of aromatic nitrogens is 1. The summed E-state index contributed by atoms with van der Waals surface area (Å²) in [5, 5.41) is 2.85. The minimum Gasteiger partial charge on any atom is -0.410 e. The Bertz CT molecular complexity index is 552. The first-order valence-electron chi connectivity index (χ1n) is 6.65. The number of carbonyl (C=O) groups is 1. The van der Waals surface area contributed by atoms with Gasteiger partial charge in [-0.15, -0.1) is 0 Å². The summed E-state index contributed by atoms with van der Waals surface area (Å²) in [5.41, 5.74) is 1.93. The Morgan fingerprint density at radius 3 is 2.60 bits per heavy atom. The van der Waals surface area contributed by atoms with Crippen LogP contribution in [0.3, 0.4) is 0 Å². The smallest absolute Gasteiger partial charge is 0.410 e. The van der Waals surface area contributed by atoms with Gasteiger partial charge >= 0.3 is 6.09 Å². The van der Waals surface area contributed by atoms with E-state index in [0.29, 0.717) is 5.75 Å². The summed E-state index contributed by atoms with van der Waals surface area (Å²) in [6.45, 7) is 3.94. The van der Waals surface area contributed by atoms with Gasteiger partial charge in [-0.25, -0.2) is 4.79 Å². The predicted molar refractivity (Wildman–Crippen MR) is 77.6 cm³/mol. The van der Waals surface area contributed by atoms with Gasteiger partial charge in [0, 0.05) is 11.9 Å². The fourth-order valence-electron chi connectivity index (χ4n) is 1.87. The van der Waals surface area contributed by atoms with Gasteiger partial charge in [0.15, 0.2) is 0 Å². The summed E-state index contributed by atoms with van der Waals surface area (Å²) in [5.74, 6) is 0.530. The van der Waals surface area contributed by atoms with Gasteiger partial charge in [-0.1, -0.05) is 31.2 Å². The van der Waals surface area contributed by atoms with Crippen LogP contribution < -0.4 is 10.1 Å². The Balaban J connectivity index is 1.99. The molecular formula is C16H18N2O2. The maximum Gasteiger partial charge on any atom is 0.413 e. The molecule has 2 aromatic rings. The van der Waals surface area contributed by atoms with Crippen LogP contribution in [0.1, 0.15) is 30.6 Å². The van der Waals surface area contributed by atoms with Crippen molar-refractivity contribution in [1.29, 1.82) is 0 Å². The average Bonchev–Trinajstić information content (AvgIpc) is 2.47. The molecule has 0 aliphatic carbocycles. The third-order valence-electron chi connectivity index (χ3n) is 2.99. The molecule has 1 atom stereocenters. The predicted octanol–water partition coefficient (Wildman–Crippen LogP) is 3.63. The van der Waals surface area contributed by atoms with Crippen LogP contribution in [0.2, 0.25) is 0 Å². The SMILES string of the molecule is CCC(NC(=O)Oc1ccccc1)c1ccc(C)nc1. The number of ether oxygens (including phenoxy) is 1. The Labute approximate surface area is 118 Å². The molecule has 1 aromatic carbocycles. The van der Waals surface area contributed by atoms with Gasteiger partial charge in [-0.3, -0.25) is 4.98 Å². The zero-order valence-electron chi connectivity index (χ0n) is 11.7. The van der Waals surface area contributed by atoms with Crippen molar-refractivity contribution in [3.63, 3.8) is 0 Å². The first-order valence-corrected chi connectivity index (χ1v) is 6.65. The minimum atomic E-state index is -0.455. The number of benzene rings is 1. The lowest BCUT2D eigenvalue weighted by Crippen LogP contribution is -2.30. The van der Waals surface area contributed by atoms with Crippen LogP contribution in [0.5, 0.6) is 5.75 Å². The highest BCUT2D eigenvalue weighted by molar-refractivity contribution is 5.70. The minimum absolute atomic E-state index is 0.0979. The van der Waals surface area contributed by atoms with E-state index < -0.39 is 6.09 Å². The van der Waals surface area contributed by atoms with Crippen molar-refractivity contribution < 1.29 is 9.53 Å². The van der Waals surface area contributed by atoms with Gasteiger partial charge in [-0.2, -0.15) is 0 Å². The van der Waals surface area contributed by atoms with Crippen LogP contribution in [0.4, 0.5) is 4.79 Å². The lowest BCUT2D eigenvalue weighted by atomic mass is 10.1. The van der Waals surface area contributed by atoms with E-state index in [-0.39, 0.29) is 6.04 Å². The molecule has 0 radical (unpaired) electrons. The number of pyridine rings is 1. The number of para-hydroxylation sites is 1. The Kier molecular flexibility index (Phi) is 4.71. The number of aryl methyl sites for hydroxylation is 1. The maximum absolute atomic E-state index is 11.9. The fourth-order valence-corrected chi connectivity index (χ4v) is 1.87. The standard InChI is InChI=1S/C16H18N2O2/c1-3-15(13-10-9-12(2)17-11-13)18-16(19)20-14-7-5-4-6-8-14/h4-11,15H,3H2,1-2H3,(H,18,19). The average molecular weight is 270 g/mol. The normalized spacial score (nSPS) is 11.7. The van der Waals surface area contributed by atoms with E-state index in [4.69, 9.17) is 4.74 Å².